The summed E-state index contributed by atoms with van der Waals surface area (Å²) in [5.41, 5.74) is -1.13. The van der Waals surface area contributed by atoms with Gasteiger partial charge in [-0.15, -0.1) is 0 Å². The number of nitro benzene ring substituents is 1. The zero-order valence-electron chi connectivity index (χ0n) is 13.9. The van der Waals surface area contributed by atoms with E-state index in [0.29, 0.717) is 4.90 Å². The highest BCUT2D eigenvalue weighted by atomic mass is 19.4. The number of ether oxygens (including phenoxy) is 1. The smallest absolute Gasteiger partial charge is 0.405 e. The number of esters is 1. The first-order chi connectivity index (χ1) is 13.0. The maximum Gasteiger partial charge on any atom is 0.405 e. The Balaban J connectivity index is 1.90. The lowest BCUT2D eigenvalue weighted by atomic mass is 10.1. The molecule has 0 spiro atoms. The molecule has 1 aromatic carbocycles. The van der Waals surface area contributed by atoms with Gasteiger partial charge in [-0.3, -0.25) is 34.2 Å². The van der Waals surface area contributed by atoms with Gasteiger partial charge in [0, 0.05) is 12.6 Å². The molecule has 0 atom stereocenters. The van der Waals surface area contributed by atoms with Gasteiger partial charge < -0.3 is 10.1 Å². The van der Waals surface area contributed by atoms with Crippen molar-refractivity contribution in [2.24, 2.45) is 0 Å². The van der Waals surface area contributed by atoms with Gasteiger partial charge in [0.05, 0.1) is 16.9 Å². The van der Waals surface area contributed by atoms with Gasteiger partial charge >= 0.3 is 12.1 Å². The van der Waals surface area contributed by atoms with Crippen molar-refractivity contribution < 1.29 is 42.0 Å². The molecule has 1 N–H and O–H groups in total. The summed E-state index contributed by atoms with van der Waals surface area (Å²) in [6.45, 7) is -3.04. The summed E-state index contributed by atoms with van der Waals surface area (Å²) >= 11 is 0. The number of carbonyl (C=O) groups is 4. The first-order valence-corrected chi connectivity index (χ1v) is 7.64. The Morgan fingerprint density at radius 3 is 2.50 bits per heavy atom. The van der Waals surface area contributed by atoms with Crippen molar-refractivity contribution in [2.45, 2.75) is 12.6 Å². The normalized spacial score (nSPS) is 13.3. The van der Waals surface area contributed by atoms with Crippen LogP contribution < -0.4 is 5.32 Å². The second-order valence-corrected chi connectivity index (χ2v) is 5.52. The van der Waals surface area contributed by atoms with E-state index in [1.54, 1.807) is 0 Å². The maximum atomic E-state index is 12.3. The van der Waals surface area contributed by atoms with Crippen LogP contribution in [0.5, 0.6) is 0 Å². The Kier molecular flexibility index (Phi) is 5.96. The van der Waals surface area contributed by atoms with Gasteiger partial charge in [0.2, 0.25) is 0 Å². The largest absolute Gasteiger partial charge is 0.456 e. The summed E-state index contributed by atoms with van der Waals surface area (Å²) in [5, 5.41) is 12.5. The van der Waals surface area contributed by atoms with Crippen molar-refractivity contribution in [3.05, 3.63) is 39.4 Å². The van der Waals surface area contributed by atoms with Crippen molar-refractivity contribution in [1.29, 1.82) is 0 Å². The van der Waals surface area contributed by atoms with E-state index in [4.69, 9.17) is 0 Å². The number of amides is 3. The van der Waals surface area contributed by atoms with E-state index in [0.717, 1.165) is 6.07 Å². The molecular weight excluding hydrogens is 391 g/mol. The van der Waals surface area contributed by atoms with Crippen molar-refractivity contribution >= 4 is 29.4 Å². The van der Waals surface area contributed by atoms with Crippen LogP contribution in [-0.4, -0.2) is 59.4 Å². The molecule has 0 radical (unpaired) electrons. The first-order valence-electron chi connectivity index (χ1n) is 7.64. The molecule has 1 aliphatic rings. The Hall–Kier alpha value is -3.51. The molecule has 10 nitrogen and oxygen atoms in total. The second-order valence-electron chi connectivity index (χ2n) is 5.52. The minimum Gasteiger partial charge on any atom is -0.456 e. The molecule has 3 amide bonds. The van der Waals surface area contributed by atoms with Crippen LogP contribution in [0.3, 0.4) is 0 Å². The molecule has 150 valence electrons. The lowest BCUT2D eigenvalue weighted by molar-refractivity contribution is -0.385. The third kappa shape index (κ3) is 4.81. The third-order valence-electron chi connectivity index (χ3n) is 3.56. The fraction of sp³-hybridized carbons (Fsp3) is 0.333. The van der Waals surface area contributed by atoms with E-state index in [1.165, 1.54) is 17.4 Å². The van der Waals surface area contributed by atoms with Crippen molar-refractivity contribution in [3.63, 3.8) is 0 Å². The van der Waals surface area contributed by atoms with Crippen LogP contribution in [0.4, 0.5) is 18.9 Å². The van der Waals surface area contributed by atoms with Gasteiger partial charge in [-0.1, -0.05) is 6.07 Å². The van der Waals surface area contributed by atoms with Crippen LogP contribution in [0.15, 0.2) is 18.2 Å². The van der Waals surface area contributed by atoms with Gasteiger partial charge in [0.1, 0.15) is 12.1 Å². The molecule has 1 aromatic rings. The van der Waals surface area contributed by atoms with E-state index in [-0.39, 0.29) is 5.56 Å². The molecule has 0 saturated heterocycles. The van der Waals surface area contributed by atoms with Crippen molar-refractivity contribution in [1.82, 2.24) is 10.2 Å². The molecule has 0 fully saturated rings. The van der Waals surface area contributed by atoms with Gasteiger partial charge in [0.15, 0.2) is 6.61 Å². The fourth-order valence-corrected chi connectivity index (χ4v) is 2.34. The summed E-state index contributed by atoms with van der Waals surface area (Å²) in [7, 11) is 0. The van der Waals surface area contributed by atoms with E-state index in [9.17, 15) is 42.5 Å². The lowest BCUT2D eigenvalue weighted by Gasteiger charge is -2.13. The van der Waals surface area contributed by atoms with Gasteiger partial charge in [-0.05, 0) is 6.07 Å². The van der Waals surface area contributed by atoms with Crippen LogP contribution in [-0.2, 0) is 14.3 Å². The highest BCUT2D eigenvalue weighted by Crippen LogP contribution is 2.30. The van der Waals surface area contributed by atoms with E-state index < -0.39 is 72.2 Å². The molecule has 0 saturated carbocycles. The fourth-order valence-electron chi connectivity index (χ4n) is 2.34. The first kappa shape index (κ1) is 20.8. The Bertz CT molecular complexity index is 854. The minimum absolute atomic E-state index is 0.181. The minimum atomic E-state index is -4.62. The number of alkyl halides is 3. The number of nitrogens with one attached hydrogen (secondary N) is 1. The molecule has 28 heavy (non-hydrogen) atoms. The monoisotopic (exact) mass is 403 g/mol. The lowest BCUT2D eigenvalue weighted by Crippen LogP contribution is -2.37. The highest BCUT2D eigenvalue weighted by Gasteiger charge is 2.40. The highest BCUT2D eigenvalue weighted by molar-refractivity contribution is 6.23. The SMILES string of the molecule is O=C(COC(=O)CCN1C(=O)c2cccc([N+](=O)[O-])c2C1=O)NCC(F)(F)F. The zero-order valence-corrected chi connectivity index (χ0v) is 13.9. The van der Waals surface area contributed by atoms with Crippen LogP contribution in [0.1, 0.15) is 27.1 Å². The van der Waals surface area contributed by atoms with Crippen molar-refractivity contribution in [2.75, 3.05) is 19.7 Å². The van der Waals surface area contributed by atoms with Gasteiger partial charge in [-0.25, -0.2) is 0 Å². The van der Waals surface area contributed by atoms with Crippen LogP contribution in [0.2, 0.25) is 0 Å². The summed E-state index contributed by atoms with van der Waals surface area (Å²) in [6, 6.07) is 3.52. The average Bonchev–Trinajstić information content (AvgIpc) is 2.86. The maximum absolute atomic E-state index is 12.3. The Labute approximate surface area is 154 Å². The predicted octanol–water partition coefficient (Wildman–Crippen LogP) is 0.803. The number of imide groups is 1. The standard InChI is InChI=1S/C15H12F3N3O7/c16-15(17,18)7-19-10(22)6-28-11(23)4-5-20-13(24)8-2-1-3-9(21(26)27)12(8)14(20)25/h1-3H,4-7H2,(H,19,22). The van der Waals surface area contributed by atoms with E-state index >= 15 is 0 Å². The molecule has 1 heterocycles. The number of carbonyl (C=O) groups excluding carboxylic acids is 4. The van der Waals surface area contributed by atoms with Gasteiger partial charge in [0.25, 0.3) is 23.4 Å². The number of benzene rings is 1. The summed E-state index contributed by atoms with van der Waals surface area (Å²) in [5.74, 6) is -4.02. The molecule has 1 aliphatic heterocycles. The molecule has 13 heteroatoms. The van der Waals surface area contributed by atoms with Crippen molar-refractivity contribution in [3.8, 4) is 0 Å². The Morgan fingerprint density at radius 1 is 1.21 bits per heavy atom. The zero-order chi connectivity index (χ0) is 21.1. The molecular formula is C15H12F3N3O7. The molecule has 0 aromatic heterocycles. The second kappa shape index (κ2) is 8.02. The van der Waals surface area contributed by atoms with Gasteiger partial charge in [-0.2, -0.15) is 13.2 Å². The number of rotatable bonds is 7. The van der Waals surface area contributed by atoms with Crippen LogP contribution in [0, 0.1) is 10.1 Å². The molecule has 0 bridgehead atoms. The van der Waals surface area contributed by atoms with Crippen LogP contribution >= 0.6 is 0 Å². The predicted molar refractivity (Wildman–Crippen MR) is 83.1 cm³/mol. The number of hydrogen-bond donors (Lipinski definition) is 1. The number of fused-ring (bicyclic) bond motifs is 1. The third-order valence-corrected chi connectivity index (χ3v) is 3.56. The number of hydrogen-bond acceptors (Lipinski definition) is 7. The number of nitrogens with zero attached hydrogens (tertiary/aromatic N) is 2. The molecule has 2 rings (SSSR count). The number of nitro groups is 1. The average molecular weight is 403 g/mol. The van der Waals surface area contributed by atoms with Crippen LogP contribution in [0.25, 0.3) is 0 Å². The molecule has 0 unspecified atom stereocenters. The number of halogens is 3. The Morgan fingerprint density at radius 2 is 1.89 bits per heavy atom. The van der Waals surface area contributed by atoms with E-state index in [2.05, 4.69) is 4.74 Å². The summed E-state index contributed by atoms with van der Waals surface area (Å²) in [4.78, 5) is 58.0. The van der Waals surface area contributed by atoms with E-state index in [1.807, 2.05) is 0 Å². The quantitative estimate of drug-likeness (QED) is 0.308. The topological polar surface area (TPSA) is 136 Å². The molecule has 0 aliphatic carbocycles. The summed E-state index contributed by atoms with van der Waals surface area (Å²) in [6.07, 6.45) is -5.17. The summed E-state index contributed by atoms with van der Waals surface area (Å²) < 4.78 is 40.3.